The smallest absolute Gasteiger partial charge is 0.137 e. The highest BCUT2D eigenvalue weighted by Crippen LogP contribution is 2.11. The van der Waals surface area contributed by atoms with Crippen molar-refractivity contribution in [1.29, 1.82) is 5.26 Å². The van der Waals surface area contributed by atoms with Gasteiger partial charge in [-0.3, -0.25) is 0 Å². The second-order valence-corrected chi connectivity index (χ2v) is 3.66. The van der Waals surface area contributed by atoms with E-state index in [1.54, 1.807) is 0 Å². The maximum atomic E-state index is 8.44. The van der Waals surface area contributed by atoms with Crippen molar-refractivity contribution in [3.05, 3.63) is 35.8 Å². The molecular weight excluding hydrogens is 200 g/mol. The van der Waals surface area contributed by atoms with Crippen LogP contribution in [0, 0.1) is 18.3 Å². The molecule has 0 amide bonds. The quantitative estimate of drug-likeness (QED) is 0.787. The van der Waals surface area contributed by atoms with Gasteiger partial charge in [-0.05, 0) is 19.1 Å². The SMILES string of the molecule is Cc1nc2ccccn2c1CNCCC#N. The number of fused-ring (bicyclic) bond motifs is 1. The van der Waals surface area contributed by atoms with E-state index in [2.05, 4.69) is 20.8 Å². The van der Waals surface area contributed by atoms with Crippen molar-refractivity contribution in [1.82, 2.24) is 14.7 Å². The van der Waals surface area contributed by atoms with Gasteiger partial charge in [0, 0.05) is 25.7 Å². The molecule has 2 aromatic rings. The third-order valence-electron chi connectivity index (χ3n) is 2.54. The van der Waals surface area contributed by atoms with E-state index in [0.29, 0.717) is 6.42 Å². The number of aryl methyl sites for hydroxylation is 1. The first kappa shape index (κ1) is 10.7. The van der Waals surface area contributed by atoms with Crippen LogP contribution in [0.2, 0.25) is 0 Å². The van der Waals surface area contributed by atoms with Crippen LogP contribution in [0.1, 0.15) is 17.8 Å². The summed E-state index contributed by atoms with van der Waals surface area (Å²) in [7, 11) is 0. The molecule has 0 saturated carbocycles. The van der Waals surface area contributed by atoms with E-state index >= 15 is 0 Å². The average molecular weight is 214 g/mol. The van der Waals surface area contributed by atoms with Crippen molar-refractivity contribution in [2.75, 3.05) is 6.54 Å². The molecule has 0 fully saturated rings. The summed E-state index contributed by atoms with van der Waals surface area (Å²) in [6.45, 7) is 3.48. The van der Waals surface area contributed by atoms with Gasteiger partial charge in [-0.15, -0.1) is 0 Å². The van der Waals surface area contributed by atoms with Crippen LogP contribution in [0.15, 0.2) is 24.4 Å². The monoisotopic (exact) mass is 214 g/mol. The lowest BCUT2D eigenvalue weighted by atomic mass is 10.3. The van der Waals surface area contributed by atoms with Gasteiger partial charge >= 0.3 is 0 Å². The normalized spacial score (nSPS) is 10.5. The van der Waals surface area contributed by atoms with Crippen LogP contribution in [0.3, 0.4) is 0 Å². The molecule has 2 aromatic heterocycles. The van der Waals surface area contributed by atoms with Crippen LogP contribution >= 0.6 is 0 Å². The zero-order valence-electron chi connectivity index (χ0n) is 9.27. The van der Waals surface area contributed by atoms with Gasteiger partial charge in [0.2, 0.25) is 0 Å². The minimum atomic E-state index is 0.537. The van der Waals surface area contributed by atoms with Crippen molar-refractivity contribution in [3.63, 3.8) is 0 Å². The number of imidazole rings is 1. The molecule has 2 rings (SSSR count). The third kappa shape index (κ3) is 2.05. The maximum absolute atomic E-state index is 8.44. The number of nitrogens with zero attached hydrogens (tertiary/aromatic N) is 3. The molecule has 0 aliphatic carbocycles. The summed E-state index contributed by atoms with van der Waals surface area (Å²) >= 11 is 0. The Balaban J connectivity index is 2.17. The molecule has 0 bridgehead atoms. The minimum absolute atomic E-state index is 0.537. The zero-order chi connectivity index (χ0) is 11.4. The van der Waals surface area contributed by atoms with Crippen molar-refractivity contribution in [3.8, 4) is 6.07 Å². The molecule has 0 spiro atoms. The van der Waals surface area contributed by atoms with E-state index in [4.69, 9.17) is 5.26 Å². The Morgan fingerprint density at radius 2 is 2.38 bits per heavy atom. The minimum Gasteiger partial charge on any atom is -0.310 e. The van der Waals surface area contributed by atoms with E-state index in [1.807, 2.05) is 31.3 Å². The predicted octanol–water partition coefficient (Wildman–Crippen LogP) is 1.65. The van der Waals surface area contributed by atoms with E-state index in [1.165, 1.54) is 0 Å². The largest absolute Gasteiger partial charge is 0.310 e. The molecule has 0 aliphatic heterocycles. The Morgan fingerprint density at radius 3 is 3.19 bits per heavy atom. The fraction of sp³-hybridized carbons (Fsp3) is 0.333. The van der Waals surface area contributed by atoms with Gasteiger partial charge in [0.05, 0.1) is 17.5 Å². The van der Waals surface area contributed by atoms with Crippen molar-refractivity contribution >= 4 is 5.65 Å². The number of nitriles is 1. The summed E-state index contributed by atoms with van der Waals surface area (Å²) in [6, 6.07) is 8.08. The predicted molar refractivity (Wildman–Crippen MR) is 61.9 cm³/mol. The number of nitrogens with one attached hydrogen (secondary N) is 1. The molecule has 4 heteroatoms. The summed E-state index contributed by atoms with van der Waals surface area (Å²) < 4.78 is 2.08. The zero-order valence-corrected chi connectivity index (χ0v) is 9.27. The first-order valence-electron chi connectivity index (χ1n) is 5.33. The fourth-order valence-electron chi connectivity index (χ4n) is 1.73. The molecule has 0 atom stereocenters. The van der Waals surface area contributed by atoms with Crippen LogP contribution in [0.25, 0.3) is 5.65 Å². The van der Waals surface area contributed by atoms with Gasteiger partial charge in [0.25, 0.3) is 0 Å². The van der Waals surface area contributed by atoms with Crippen molar-refractivity contribution in [2.45, 2.75) is 19.9 Å². The first-order chi connectivity index (χ1) is 7.83. The van der Waals surface area contributed by atoms with Gasteiger partial charge in [-0.25, -0.2) is 4.98 Å². The Morgan fingerprint density at radius 1 is 1.50 bits per heavy atom. The molecular formula is C12H14N4. The van der Waals surface area contributed by atoms with E-state index < -0.39 is 0 Å². The highest BCUT2D eigenvalue weighted by molar-refractivity contribution is 5.42. The molecule has 2 heterocycles. The Bertz CT molecular complexity index is 521. The van der Waals surface area contributed by atoms with E-state index in [0.717, 1.165) is 30.1 Å². The lowest BCUT2D eigenvalue weighted by Gasteiger charge is -2.03. The number of hydrogen-bond acceptors (Lipinski definition) is 3. The number of hydrogen-bond donors (Lipinski definition) is 1. The lowest BCUT2D eigenvalue weighted by Crippen LogP contribution is -2.16. The lowest BCUT2D eigenvalue weighted by molar-refractivity contribution is 0.678. The van der Waals surface area contributed by atoms with Crippen molar-refractivity contribution < 1.29 is 0 Å². The van der Waals surface area contributed by atoms with Crippen LogP contribution in [0.5, 0.6) is 0 Å². The molecule has 0 saturated heterocycles. The van der Waals surface area contributed by atoms with Gasteiger partial charge < -0.3 is 9.72 Å². The summed E-state index contributed by atoms with van der Waals surface area (Å²) in [5.41, 5.74) is 3.17. The van der Waals surface area contributed by atoms with Crippen LogP contribution in [0.4, 0.5) is 0 Å². The molecule has 82 valence electrons. The Hall–Kier alpha value is -1.86. The Kier molecular flexibility index (Phi) is 3.18. The average Bonchev–Trinajstić information content (AvgIpc) is 2.61. The molecule has 16 heavy (non-hydrogen) atoms. The summed E-state index contributed by atoms with van der Waals surface area (Å²) in [5.74, 6) is 0. The second kappa shape index (κ2) is 4.77. The number of rotatable bonds is 4. The van der Waals surface area contributed by atoms with Gasteiger partial charge in [-0.2, -0.15) is 5.26 Å². The first-order valence-corrected chi connectivity index (χ1v) is 5.33. The van der Waals surface area contributed by atoms with Crippen LogP contribution in [-0.2, 0) is 6.54 Å². The molecule has 4 nitrogen and oxygen atoms in total. The molecule has 0 unspecified atom stereocenters. The van der Waals surface area contributed by atoms with E-state index in [-0.39, 0.29) is 0 Å². The second-order valence-electron chi connectivity index (χ2n) is 3.66. The Labute approximate surface area is 94.5 Å². The van der Waals surface area contributed by atoms with Gasteiger partial charge in [0.1, 0.15) is 5.65 Å². The van der Waals surface area contributed by atoms with Gasteiger partial charge in [0.15, 0.2) is 0 Å². The molecule has 0 radical (unpaired) electrons. The summed E-state index contributed by atoms with van der Waals surface area (Å²) in [6.07, 6.45) is 2.55. The third-order valence-corrected chi connectivity index (χ3v) is 2.54. The standard InChI is InChI=1S/C12H14N4/c1-10-11(9-14-7-4-6-13)16-8-3-2-5-12(16)15-10/h2-3,5,8,14H,4,7,9H2,1H3. The van der Waals surface area contributed by atoms with E-state index in [9.17, 15) is 0 Å². The van der Waals surface area contributed by atoms with Crippen LogP contribution in [-0.4, -0.2) is 15.9 Å². The molecule has 1 N–H and O–H groups in total. The highest BCUT2D eigenvalue weighted by atomic mass is 15.0. The number of pyridine rings is 1. The molecule has 0 aliphatic rings. The van der Waals surface area contributed by atoms with Gasteiger partial charge in [-0.1, -0.05) is 6.07 Å². The van der Waals surface area contributed by atoms with Crippen LogP contribution < -0.4 is 5.32 Å². The summed E-state index contributed by atoms with van der Waals surface area (Å²) in [5, 5.41) is 11.7. The summed E-state index contributed by atoms with van der Waals surface area (Å²) in [4.78, 5) is 4.47. The fourth-order valence-corrected chi connectivity index (χ4v) is 1.73. The number of aromatic nitrogens is 2. The molecule has 0 aromatic carbocycles. The highest BCUT2D eigenvalue weighted by Gasteiger charge is 2.06. The topological polar surface area (TPSA) is 53.1 Å². The maximum Gasteiger partial charge on any atom is 0.137 e. The van der Waals surface area contributed by atoms with Crippen molar-refractivity contribution in [2.24, 2.45) is 0 Å².